The number of rotatable bonds is 31. The second-order valence-corrected chi connectivity index (χ2v) is 13.2. The van der Waals surface area contributed by atoms with Crippen LogP contribution in [0.5, 0.6) is 0 Å². The second kappa shape index (κ2) is 29.1. The molecule has 3 N–H and O–H groups in total. The Morgan fingerprint density at radius 3 is 0.978 bits per heavy atom. The van der Waals surface area contributed by atoms with Crippen LogP contribution in [0.2, 0.25) is 0 Å². The number of hydrogen-bond acceptors (Lipinski definition) is 3. The lowest BCUT2D eigenvalue weighted by atomic mass is 10.0. The van der Waals surface area contributed by atoms with E-state index in [0.717, 1.165) is 38.5 Å². The van der Waals surface area contributed by atoms with Gasteiger partial charge in [-0.05, 0) is 31.0 Å². The molecule has 0 saturated heterocycles. The Morgan fingerprint density at radius 1 is 0.444 bits per heavy atom. The monoisotopic (exact) mass is 629 g/mol. The zero-order chi connectivity index (χ0) is 32.8. The zero-order valence-electron chi connectivity index (χ0n) is 29.2. The second-order valence-electron chi connectivity index (χ2n) is 13.2. The van der Waals surface area contributed by atoms with Crippen molar-refractivity contribution in [3.05, 3.63) is 23.8 Å². The Morgan fingerprint density at radius 2 is 0.711 bits per heavy atom. The third kappa shape index (κ3) is 24.5. The van der Waals surface area contributed by atoms with Gasteiger partial charge in [0.2, 0.25) is 11.8 Å². The number of carbonyl (C=O) groups is 3. The van der Waals surface area contributed by atoms with E-state index in [9.17, 15) is 19.5 Å². The minimum atomic E-state index is -1.09. The Labute approximate surface area is 276 Å². The molecule has 0 radical (unpaired) electrons. The standard InChI is InChI=1S/C39H68N2O4/c1-3-5-7-9-11-13-15-17-19-21-23-25-27-29-37(42)40-35-31-34(39(44)45)32-36(33-35)41-38(43)30-28-26-24-22-20-18-16-14-12-10-8-6-4-2/h31-33H,3-30H2,1-2H3,(H,40,42)(H,41,43)(H,44,45). The number of hydrogen-bond donors (Lipinski definition) is 3. The van der Waals surface area contributed by atoms with Gasteiger partial charge < -0.3 is 15.7 Å². The molecule has 0 atom stereocenters. The average molecular weight is 629 g/mol. The molecular formula is C39H68N2O4. The highest BCUT2D eigenvalue weighted by Gasteiger charge is 2.11. The van der Waals surface area contributed by atoms with Crippen molar-refractivity contribution in [1.82, 2.24) is 0 Å². The molecule has 6 nitrogen and oxygen atoms in total. The van der Waals surface area contributed by atoms with E-state index in [1.165, 1.54) is 141 Å². The number of aromatic carboxylic acids is 1. The molecule has 0 unspecified atom stereocenters. The maximum atomic E-state index is 12.5. The van der Waals surface area contributed by atoms with Crippen molar-refractivity contribution in [3.63, 3.8) is 0 Å². The summed E-state index contributed by atoms with van der Waals surface area (Å²) in [5, 5.41) is 15.2. The summed E-state index contributed by atoms with van der Waals surface area (Å²) in [5.74, 6) is -1.33. The molecule has 1 rings (SSSR count). The molecule has 258 valence electrons. The molecule has 2 amide bonds. The molecule has 0 aliphatic heterocycles. The van der Waals surface area contributed by atoms with Crippen molar-refractivity contribution in [2.45, 2.75) is 194 Å². The lowest BCUT2D eigenvalue weighted by molar-refractivity contribution is -0.117. The van der Waals surface area contributed by atoms with Crippen molar-refractivity contribution in [1.29, 1.82) is 0 Å². The van der Waals surface area contributed by atoms with Crippen molar-refractivity contribution < 1.29 is 19.5 Å². The van der Waals surface area contributed by atoms with Gasteiger partial charge in [0.25, 0.3) is 0 Å². The van der Waals surface area contributed by atoms with Crippen LogP contribution in [0.3, 0.4) is 0 Å². The van der Waals surface area contributed by atoms with Crippen molar-refractivity contribution >= 4 is 29.2 Å². The number of anilines is 2. The minimum absolute atomic E-state index is 0.0463. The van der Waals surface area contributed by atoms with E-state index >= 15 is 0 Å². The molecule has 0 fully saturated rings. The fourth-order valence-corrected chi connectivity index (χ4v) is 5.95. The Kier molecular flexibility index (Phi) is 26.3. The first-order chi connectivity index (χ1) is 22.0. The van der Waals surface area contributed by atoms with Crippen LogP contribution in [0, 0.1) is 0 Å². The minimum Gasteiger partial charge on any atom is -0.478 e. The Hall–Kier alpha value is -2.37. The zero-order valence-corrected chi connectivity index (χ0v) is 29.2. The lowest BCUT2D eigenvalue weighted by Gasteiger charge is -2.11. The Balaban J connectivity index is 2.20. The largest absolute Gasteiger partial charge is 0.478 e. The molecule has 45 heavy (non-hydrogen) atoms. The molecule has 0 saturated carbocycles. The van der Waals surface area contributed by atoms with E-state index < -0.39 is 5.97 Å². The van der Waals surface area contributed by atoms with E-state index in [1.807, 2.05) is 0 Å². The topological polar surface area (TPSA) is 95.5 Å². The number of carbonyl (C=O) groups excluding carboxylic acids is 2. The summed E-state index contributed by atoms with van der Waals surface area (Å²) in [6.07, 6.45) is 33.5. The average Bonchev–Trinajstić information content (AvgIpc) is 3.01. The number of carboxylic acid groups (broad SMARTS) is 1. The number of unbranched alkanes of at least 4 members (excludes halogenated alkanes) is 24. The molecule has 6 heteroatoms. The molecule has 1 aromatic rings. The van der Waals surface area contributed by atoms with Gasteiger partial charge in [-0.25, -0.2) is 4.79 Å². The summed E-state index contributed by atoms with van der Waals surface area (Å²) in [7, 11) is 0. The summed E-state index contributed by atoms with van der Waals surface area (Å²) in [6, 6.07) is 4.55. The van der Waals surface area contributed by atoms with Crippen LogP contribution in [0.25, 0.3) is 0 Å². The highest BCUT2D eigenvalue weighted by molar-refractivity contribution is 5.98. The SMILES string of the molecule is CCCCCCCCCCCCCCCC(=O)Nc1cc(NC(=O)CCCCCCCCCCCCCCC)cc(C(=O)O)c1. The van der Waals surface area contributed by atoms with Crippen LogP contribution in [0.1, 0.15) is 204 Å². The van der Waals surface area contributed by atoms with E-state index in [-0.39, 0.29) is 17.4 Å². The summed E-state index contributed by atoms with van der Waals surface area (Å²) >= 11 is 0. The molecule has 0 heterocycles. The van der Waals surface area contributed by atoms with Crippen LogP contribution in [0.4, 0.5) is 11.4 Å². The predicted molar refractivity (Wildman–Crippen MR) is 191 cm³/mol. The van der Waals surface area contributed by atoms with Crippen LogP contribution < -0.4 is 10.6 Å². The molecule has 0 aliphatic carbocycles. The van der Waals surface area contributed by atoms with Crippen molar-refractivity contribution in [2.75, 3.05) is 10.6 Å². The van der Waals surface area contributed by atoms with Gasteiger partial charge in [-0.1, -0.05) is 168 Å². The number of amides is 2. The highest BCUT2D eigenvalue weighted by atomic mass is 16.4. The fourth-order valence-electron chi connectivity index (χ4n) is 5.95. The van der Waals surface area contributed by atoms with E-state index in [2.05, 4.69) is 24.5 Å². The van der Waals surface area contributed by atoms with Gasteiger partial charge in [0.15, 0.2) is 0 Å². The van der Waals surface area contributed by atoms with Gasteiger partial charge in [0.1, 0.15) is 0 Å². The van der Waals surface area contributed by atoms with Gasteiger partial charge in [-0.2, -0.15) is 0 Å². The van der Waals surface area contributed by atoms with Crippen LogP contribution in [-0.4, -0.2) is 22.9 Å². The molecule has 0 bridgehead atoms. The summed E-state index contributed by atoms with van der Waals surface area (Å²) in [4.78, 5) is 36.7. The predicted octanol–water partition coefficient (Wildman–Crippen LogP) is 12.2. The third-order valence-corrected chi connectivity index (χ3v) is 8.76. The maximum absolute atomic E-state index is 12.5. The molecule has 0 spiro atoms. The van der Waals surface area contributed by atoms with E-state index in [4.69, 9.17) is 0 Å². The van der Waals surface area contributed by atoms with Gasteiger partial charge in [0.05, 0.1) is 5.56 Å². The molecule has 0 aromatic heterocycles. The van der Waals surface area contributed by atoms with Gasteiger partial charge in [-0.3, -0.25) is 9.59 Å². The maximum Gasteiger partial charge on any atom is 0.335 e. The number of nitrogens with one attached hydrogen (secondary N) is 2. The number of carboxylic acids is 1. The first-order valence-electron chi connectivity index (χ1n) is 18.9. The Bertz CT molecular complexity index is 839. The third-order valence-electron chi connectivity index (χ3n) is 8.76. The molecular weight excluding hydrogens is 560 g/mol. The summed E-state index contributed by atoms with van der Waals surface area (Å²) < 4.78 is 0. The lowest BCUT2D eigenvalue weighted by Crippen LogP contribution is -2.14. The van der Waals surface area contributed by atoms with Gasteiger partial charge in [-0.15, -0.1) is 0 Å². The summed E-state index contributed by atoms with van der Waals surface area (Å²) in [6.45, 7) is 4.51. The van der Waals surface area contributed by atoms with Crippen molar-refractivity contribution in [3.8, 4) is 0 Å². The fraction of sp³-hybridized carbons (Fsp3) is 0.769. The quantitative estimate of drug-likeness (QED) is 0.0713. The van der Waals surface area contributed by atoms with Crippen LogP contribution in [-0.2, 0) is 9.59 Å². The normalized spacial score (nSPS) is 11.1. The summed E-state index contributed by atoms with van der Waals surface area (Å²) in [5.41, 5.74) is 0.863. The van der Waals surface area contributed by atoms with Crippen LogP contribution in [0.15, 0.2) is 18.2 Å². The molecule has 1 aromatic carbocycles. The van der Waals surface area contributed by atoms with Gasteiger partial charge >= 0.3 is 5.97 Å². The first kappa shape index (κ1) is 40.7. The van der Waals surface area contributed by atoms with Gasteiger partial charge in [0, 0.05) is 24.2 Å². The van der Waals surface area contributed by atoms with E-state index in [1.54, 1.807) is 6.07 Å². The van der Waals surface area contributed by atoms with Crippen LogP contribution >= 0.6 is 0 Å². The van der Waals surface area contributed by atoms with E-state index in [0.29, 0.717) is 24.2 Å². The highest BCUT2D eigenvalue weighted by Crippen LogP contribution is 2.21. The number of benzene rings is 1. The molecule has 0 aliphatic rings. The van der Waals surface area contributed by atoms with Crippen molar-refractivity contribution in [2.24, 2.45) is 0 Å². The smallest absolute Gasteiger partial charge is 0.335 e. The first-order valence-corrected chi connectivity index (χ1v) is 18.9.